The standard InChI is InChI=1S/C13H15N5S/c1-8(11-6-16-18(3)9(11)2)17-12-10-4-5-19-13(10)15-7-14-12/h4-8H,1-3H3,(H,14,15,17)/t8-/m1/s1. The Morgan fingerprint density at radius 2 is 2.21 bits per heavy atom. The molecule has 0 saturated heterocycles. The molecular formula is C13H15N5S. The minimum atomic E-state index is 0.159. The van der Waals surface area contributed by atoms with Gasteiger partial charge in [-0.15, -0.1) is 11.3 Å². The van der Waals surface area contributed by atoms with Gasteiger partial charge in [-0.05, 0) is 25.3 Å². The Kier molecular flexibility index (Phi) is 2.94. The number of thiophene rings is 1. The van der Waals surface area contributed by atoms with Gasteiger partial charge in [0.25, 0.3) is 0 Å². The number of aromatic nitrogens is 4. The number of nitrogens with one attached hydrogen (secondary N) is 1. The van der Waals surface area contributed by atoms with E-state index in [1.54, 1.807) is 17.7 Å². The summed E-state index contributed by atoms with van der Waals surface area (Å²) in [7, 11) is 1.95. The fraction of sp³-hybridized carbons (Fsp3) is 0.308. The maximum absolute atomic E-state index is 4.34. The van der Waals surface area contributed by atoms with Gasteiger partial charge in [-0.3, -0.25) is 4.68 Å². The van der Waals surface area contributed by atoms with Crippen LogP contribution < -0.4 is 5.32 Å². The van der Waals surface area contributed by atoms with E-state index in [2.05, 4.69) is 34.2 Å². The summed E-state index contributed by atoms with van der Waals surface area (Å²) in [6, 6.07) is 2.21. The summed E-state index contributed by atoms with van der Waals surface area (Å²) in [5.74, 6) is 0.877. The molecule has 98 valence electrons. The van der Waals surface area contributed by atoms with E-state index in [0.717, 1.165) is 21.7 Å². The number of hydrogen-bond acceptors (Lipinski definition) is 5. The van der Waals surface area contributed by atoms with Crippen LogP contribution in [0.15, 0.2) is 24.0 Å². The monoisotopic (exact) mass is 273 g/mol. The highest BCUT2D eigenvalue weighted by atomic mass is 32.1. The maximum atomic E-state index is 4.34. The Labute approximate surface area is 115 Å². The third-order valence-corrected chi connectivity index (χ3v) is 4.18. The van der Waals surface area contributed by atoms with Gasteiger partial charge in [0.1, 0.15) is 17.0 Å². The van der Waals surface area contributed by atoms with Gasteiger partial charge in [0, 0.05) is 18.3 Å². The average molecular weight is 273 g/mol. The van der Waals surface area contributed by atoms with Gasteiger partial charge in [-0.2, -0.15) is 5.10 Å². The van der Waals surface area contributed by atoms with E-state index in [0.29, 0.717) is 0 Å². The first-order chi connectivity index (χ1) is 9.16. The van der Waals surface area contributed by atoms with E-state index in [-0.39, 0.29) is 6.04 Å². The normalized spacial score (nSPS) is 12.8. The molecule has 0 amide bonds. The van der Waals surface area contributed by atoms with Crippen LogP contribution in [-0.4, -0.2) is 19.7 Å². The molecule has 0 unspecified atom stereocenters. The molecule has 0 aliphatic heterocycles. The smallest absolute Gasteiger partial charge is 0.138 e. The van der Waals surface area contributed by atoms with Crippen LogP contribution in [0.5, 0.6) is 0 Å². The van der Waals surface area contributed by atoms with Crippen LogP contribution in [0, 0.1) is 6.92 Å². The van der Waals surface area contributed by atoms with Crippen molar-refractivity contribution in [2.45, 2.75) is 19.9 Å². The third kappa shape index (κ3) is 2.08. The zero-order valence-corrected chi connectivity index (χ0v) is 11.9. The summed E-state index contributed by atoms with van der Waals surface area (Å²) < 4.78 is 1.88. The molecule has 0 radical (unpaired) electrons. The van der Waals surface area contributed by atoms with E-state index >= 15 is 0 Å². The summed E-state index contributed by atoms with van der Waals surface area (Å²) in [5, 5.41) is 10.8. The number of hydrogen-bond donors (Lipinski definition) is 1. The molecule has 0 spiro atoms. The molecule has 3 aromatic rings. The lowest BCUT2D eigenvalue weighted by Crippen LogP contribution is -2.09. The molecule has 6 heteroatoms. The van der Waals surface area contributed by atoms with Crippen molar-refractivity contribution in [1.82, 2.24) is 19.7 Å². The van der Waals surface area contributed by atoms with Crippen LogP contribution in [-0.2, 0) is 7.05 Å². The van der Waals surface area contributed by atoms with Gasteiger partial charge in [0.2, 0.25) is 0 Å². The first-order valence-corrected chi connectivity index (χ1v) is 6.98. The van der Waals surface area contributed by atoms with Gasteiger partial charge < -0.3 is 5.32 Å². The largest absolute Gasteiger partial charge is 0.363 e. The molecule has 0 bridgehead atoms. The van der Waals surface area contributed by atoms with Crippen LogP contribution in [0.3, 0.4) is 0 Å². The fourth-order valence-corrected chi connectivity index (χ4v) is 2.86. The molecule has 0 fully saturated rings. The zero-order valence-electron chi connectivity index (χ0n) is 11.1. The highest BCUT2D eigenvalue weighted by Crippen LogP contribution is 2.27. The van der Waals surface area contributed by atoms with Crippen molar-refractivity contribution in [2.24, 2.45) is 7.05 Å². The maximum Gasteiger partial charge on any atom is 0.138 e. The molecule has 19 heavy (non-hydrogen) atoms. The lowest BCUT2D eigenvalue weighted by Gasteiger charge is -2.14. The van der Waals surface area contributed by atoms with Gasteiger partial charge in [-0.1, -0.05) is 0 Å². The fourth-order valence-electron chi connectivity index (χ4n) is 2.13. The predicted octanol–water partition coefficient (Wildman–Crippen LogP) is 2.91. The van der Waals surface area contributed by atoms with Gasteiger partial charge >= 0.3 is 0 Å². The van der Waals surface area contributed by atoms with E-state index in [4.69, 9.17) is 0 Å². The summed E-state index contributed by atoms with van der Waals surface area (Å²) in [5.41, 5.74) is 2.35. The topological polar surface area (TPSA) is 55.6 Å². The van der Waals surface area contributed by atoms with Crippen LogP contribution in [0.1, 0.15) is 24.2 Å². The zero-order chi connectivity index (χ0) is 13.4. The van der Waals surface area contributed by atoms with Gasteiger partial charge in [-0.25, -0.2) is 9.97 Å². The van der Waals surface area contributed by atoms with Crippen molar-refractivity contribution in [3.8, 4) is 0 Å². The summed E-state index contributed by atoms with van der Waals surface area (Å²) >= 11 is 1.62. The molecule has 0 aromatic carbocycles. The molecule has 3 heterocycles. The van der Waals surface area contributed by atoms with Crippen LogP contribution in [0.25, 0.3) is 10.2 Å². The molecule has 1 N–H and O–H groups in total. The number of nitrogens with zero attached hydrogens (tertiary/aromatic N) is 4. The Bertz CT molecular complexity index is 715. The van der Waals surface area contributed by atoms with E-state index in [9.17, 15) is 0 Å². The highest BCUT2D eigenvalue weighted by molar-refractivity contribution is 7.16. The van der Waals surface area contributed by atoms with Crippen LogP contribution in [0.2, 0.25) is 0 Å². The molecule has 5 nitrogen and oxygen atoms in total. The van der Waals surface area contributed by atoms with Crippen LogP contribution >= 0.6 is 11.3 Å². The summed E-state index contributed by atoms with van der Waals surface area (Å²) in [4.78, 5) is 9.60. The van der Waals surface area contributed by atoms with Crippen molar-refractivity contribution in [1.29, 1.82) is 0 Å². The quantitative estimate of drug-likeness (QED) is 0.797. The number of fused-ring (bicyclic) bond motifs is 1. The molecule has 0 saturated carbocycles. The minimum Gasteiger partial charge on any atom is -0.363 e. The molecule has 0 aliphatic carbocycles. The van der Waals surface area contributed by atoms with E-state index < -0.39 is 0 Å². The van der Waals surface area contributed by atoms with Gasteiger partial charge in [0.15, 0.2) is 0 Å². The molecular weight excluding hydrogens is 258 g/mol. The number of anilines is 1. The van der Waals surface area contributed by atoms with Crippen LogP contribution in [0.4, 0.5) is 5.82 Å². The van der Waals surface area contributed by atoms with Crippen molar-refractivity contribution in [3.05, 3.63) is 35.2 Å². The number of aryl methyl sites for hydroxylation is 1. The molecule has 3 rings (SSSR count). The second kappa shape index (κ2) is 4.62. The predicted molar refractivity (Wildman–Crippen MR) is 77.4 cm³/mol. The van der Waals surface area contributed by atoms with Gasteiger partial charge in [0.05, 0.1) is 17.6 Å². The summed E-state index contributed by atoms with van der Waals surface area (Å²) in [6.45, 7) is 4.19. The molecule has 1 atom stereocenters. The minimum absolute atomic E-state index is 0.159. The second-order valence-corrected chi connectivity index (χ2v) is 5.43. The molecule has 0 aliphatic rings. The SMILES string of the molecule is Cc1c([C@@H](C)Nc2ncnc3sccc23)cnn1C. The van der Waals surface area contributed by atoms with Crippen molar-refractivity contribution in [3.63, 3.8) is 0 Å². The van der Waals surface area contributed by atoms with Crippen molar-refractivity contribution >= 4 is 27.4 Å². The lowest BCUT2D eigenvalue weighted by molar-refractivity contribution is 0.734. The second-order valence-electron chi connectivity index (χ2n) is 4.54. The Morgan fingerprint density at radius 1 is 1.37 bits per heavy atom. The first kappa shape index (κ1) is 12.1. The average Bonchev–Trinajstić information content (AvgIpc) is 2.98. The Balaban J connectivity index is 1.93. The molecule has 3 aromatic heterocycles. The van der Waals surface area contributed by atoms with E-state index in [1.807, 2.05) is 29.4 Å². The Hall–Kier alpha value is -1.95. The highest BCUT2D eigenvalue weighted by Gasteiger charge is 2.14. The van der Waals surface area contributed by atoms with E-state index in [1.165, 1.54) is 5.56 Å². The number of rotatable bonds is 3. The summed E-state index contributed by atoms with van der Waals surface area (Å²) in [6.07, 6.45) is 3.50. The van der Waals surface area contributed by atoms with Crippen molar-refractivity contribution < 1.29 is 0 Å². The lowest BCUT2D eigenvalue weighted by atomic mass is 10.1. The Morgan fingerprint density at radius 3 is 2.95 bits per heavy atom. The van der Waals surface area contributed by atoms with Crippen molar-refractivity contribution in [2.75, 3.05) is 5.32 Å². The third-order valence-electron chi connectivity index (χ3n) is 3.35. The first-order valence-electron chi connectivity index (χ1n) is 6.10.